The smallest absolute Gasteiger partial charge is 0.408 e. The molecule has 0 aromatic heterocycles. The zero-order chi connectivity index (χ0) is 39.3. The van der Waals surface area contributed by atoms with Crippen molar-refractivity contribution < 1.29 is 33.1 Å². The maximum atomic E-state index is 14.4. The summed E-state index contributed by atoms with van der Waals surface area (Å²) in [5.74, 6) is -2.19. The molecule has 12 heteroatoms. The SMILES string of the molecule is CC(C)[C@H](NC(=O)[C@H](C)NC(=O)OC(C)(C)C)C(=O)N1CCC[C@H]1C(=O)N[C@@H](Cc1ccccc1)C(=O)O[Si](C(C)(C)C)(C(C)(C)C)C(C)(C)C. The summed E-state index contributed by atoms with van der Waals surface area (Å²) in [5.41, 5.74) is 0.126. The second kappa shape index (κ2) is 16.5. The number of nitrogens with zero attached hydrogens (tertiary/aromatic N) is 1. The molecule has 1 aromatic rings. The van der Waals surface area contributed by atoms with Gasteiger partial charge in [0.25, 0.3) is 8.32 Å². The summed E-state index contributed by atoms with van der Waals surface area (Å²) < 4.78 is 12.1. The average Bonchev–Trinajstić information content (AvgIpc) is 3.45. The van der Waals surface area contributed by atoms with Crippen LogP contribution in [0.25, 0.3) is 0 Å². The van der Waals surface area contributed by atoms with Crippen molar-refractivity contribution in [3.63, 3.8) is 0 Å². The molecule has 1 aromatic carbocycles. The molecule has 0 saturated carbocycles. The Bertz CT molecular complexity index is 1350. The van der Waals surface area contributed by atoms with E-state index in [-0.39, 0.29) is 27.5 Å². The predicted octanol–water partition coefficient (Wildman–Crippen LogP) is 6.65. The van der Waals surface area contributed by atoms with Crippen molar-refractivity contribution >= 4 is 38.1 Å². The van der Waals surface area contributed by atoms with Crippen LogP contribution in [0.15, 0.2) is 30.3 Å². The van der Waals surface area contributed by atoms with Gasteiger partial charge in [-0.3, -0.25) is 19.2 Å². The number of ether oxygens (including phenoxy) is 1. The van der Waals surface area contributed by atoms with E-state index in [4.69, 9.17) is 9.16 Å². The molecular weight excluding hydrogens is 665 g/mol. The molecule has 1 saturated heterocycles. The summed E-state index contributed by atoms with van der Waals surface area (Å²) in [6, 6.07) is 5.75. The van der Waals surface area contributed by atoms with E-state index in [1.807, 2.05) is 44.2 Å². The number of alkyl carbamates (subject to hydrolysis) is 1. The van der Waals surface area contributed by atoms with Gasteiger partial charge in [-0.15, -0.1) is 0 Å². The van der Waals surface area contributed by atoms with E-state index < -0.39 is 67.9 Å². The fraction of sp³-hybridized carbons (Fsp3) is 0.718. The summed E-state index contributed by atoms with van der Waals surface area (Å²) in [6.07, 6.45) is 0.471. The Labute approximate surface area is 307 Å². The van der Waals surface area contributed by atoms with Gasteiger partial charge in [0.15, 0.2) is 0 Å². The summed E-state index contributed by atoms with van der Waals surface area (Å²) in [5, 5.41) is 7.31. The largest absolute Gasteiger partial charge is 0.516 e. The lowest BCUT2D eigenvalue weighted by Gasteiger charge is -2.57. The Kier molecular flexibility index (Phi) is 14.2. The highest BCUT2D eigenvalue weighted by Gasteiger charge is 2.65. The summed E-state index contributed by atoms with van der Waals surface area (Å²) in [6.45, 7) is 29.8. The lowest BCUT2D eigenvalue weighted by atomic mass is 10.0. The van der Waals surface area contributed by atoms with Crippen LogP contribution in [-0.4, -0.2) is 79.3 Å². The van der Waals surface area contributed by atoms with Crippen LogP contribution < -0.4 is 16.0 Å². The number of amides is 4. The molecule has 1 aliphatic heterocycles. The van der Waals surface area contributed by atoms with Crippen LogP contribution >= 0.6 is 0 Å². The molecule has 1 heterocycles. The fourth-order valence-electron chi connectivity index (χ4n) is 8.19. The lowest BCUT2D eigenvalue weighted by Crippen LogP contribution is -2.64. The van der Waals surface area contributed by atoms with Crippen LogP contribution in [0.3, 0.4) is 0 Å². The number of carbonyl (C=O) groups is 5. The van der Waals surface area contributed by atoms with Crippen LogP contribution in [0.2, 0.25) is 15.1 Å². The molecule has 4 atom stereocenters. The number of carbonyl (C=O) groups excluding carboxylic acids is 5. The fourth-order valence-corrected chi connectivity index (χ4v) is 16.3. The van der Waals surface area contributed by atoms with E-state index in [0.717, 1.165) is 5.56 Å². The molecule has 0 aliphatic carbocycles. The number of rotatable bonds is 11. The molecule has 0 unspecified atom stereocenters. The standard InChI is InChI=1S/C39H66N4O7Si/c1-25(2)30(42-31(44)26(3)40-35(48)49-36(4,5)6)33(46)43-23-19-22-29(43)32(45)41-28(24-27-20-17-16-18-21-27)34(47)50-51(37(7,8)9,38(10,11)12)39(13,14)15/h16-18,20-21,25-26,28-30H,19,22-24H2,1-15H3,(H,40,48)(H,41,45)(H,42,44)/t26-,28-,29-,30-/m0/s1. The number of nitrogens with one attached hydrogen (secondary N) is 3. The van der Waals surface area contributed by atoms with Crippen molar-refractivity contribution in [3.05, 3.63) is 35.9 Å². The number of hydrogen-bond donors (Lipinski definition) is 3. The van der Waals surface area contributed by atoms with Crippen molar-refractivity contribution in [2.24, 2.45) is 5.92 Å². The van der Waals surface area contributed by atoms with E-state index in [9.17, 15) is 24.0 Å². The predicted molar refractivity (Wildman–Crippen MR) is 203 cm³/mol. The van der Waals surface area contributed by atoms with Crippen molar-refractivity contribution in [2.45, 2.75) is 168 Å². The molecule has 2 rings (SSSR count). The molecular formula is C39H66N4O7Si. The van der Waals surface area contributed by atoms with E-state index in [2.05, 4.69) is 78.3 Å². The first kappa shape index (κ1) is 43.7. The van der Waals surface area contributed by atoms with Gasteiger partial charge in [0.05, 0.1) is 0 Å². The lowest BCUT2D eigenvalue weighted by molar-refractivity contribution is -0.145. The molecule has 3 N–H and O–H groups in total. The quantitative estimate of drug-likeness (QED) is 0.217. The number of likely N-dealkylation sites (tertiary alicyclic amines) is 1. The molecule has 1 fully saturated rings. The van der Waals surface area contributed by atoms with Gasteiger partial charge >= 0.3 is 12.1 Å². The molecule has 0 radical (unpaired) electrons. The Hall–Kier alpha value is -3.41. The molecule has 51 heavy (non-hydrogen) atoms. The number of hydrogen-bond acceptors (Lipinski definition) is 7. The molecule has 288 valence electrons. The maximum absolute atomic E-state index is 14.4. The van der Waals surface area contributed by atoms with Gasteiger partial charge in [0, 0.05) is 13.0 Å². The van der Waals surface area contributed by atoms with Crippen molar-refractivity contribution in [1.29, 1.82) is 0 Å². The highest BCUT2D eigenvalue weighted by Crippen LogP contribution is 2.62. The van der Waals surface area contributed by atoms with E-state index in [1.165, 1.54) is 11.8 Å². The third-order valence-corrected chi connectivity index (χ3v) is 16.3. The van der Waals surface area contributed by atoms with Crippen LogP contribution in [0.4, 0.5) is 4.79 Å². The van der Waals surface area contributed by atoms with Crippen LogP contribution in [0.5, 0.6) is 0 Å². The minimum Gasteiger partial charge on any atom is -0.516 e. The Morgan fingerprint density at radius 3 is 1.80 bits per heavy atom. The first-order valence-corrected chi connectivity index (χ1v) is 20.2. The van der Waals surface area contributed by atoms with Gasteiger partial charge in [-0.25, -0.2) is 4.79 Å². The number of benzene rings is 1. The first-order chi connectivity index (χ1) is 23.1. The van der Waals surface area contributed by atoms with E-state index in [1.54, 1.807) is 20.8 Å². The second-order valence-electron chi connectivity index (χ2n) is 18.4. The van der Waals surface area contributed by atoms with E-state index >= 15 is 0 Å². The highest BCUT2D eigenvalue weighted by molar-refractivity contribution is 6.83. The Balaban J connectivity index is 2.38. The third kappa shape index (κ3) is 11.0. The molecule has 0 spiro atoms. The molecule has 11 nitrogen and oxygen atoms in total. The van der Waals surface area contributed by atoms with E-state index in [0.29, 0.717) is 19.4 Å². The van der Waals surface area contributed by atoms with Gasteiger partial charge in [0.2, 0.25) is 17.7 Å². The zero-order valence-corrected chi connectivity index (χ0v) is 34.9. The van der Waals surface area contributed by atoms with Gasteiger partial charge in [0.1, 0.15) is 29.8 Å². The van der Waals surface area contributed by atoms with Crippen molar-refractivity contribution in [2.75, 3.05) is 6.54 Å². The monoisotopic (exact) mass is 730 g/mol. The van der Waals surface area contributed by atoms with Gasteiger partial charge in [-0.05, 0) is 67.1 Å². The first-order valence-electron chi connectivity index (χ1n) is 18.3. The summed E-state index contributed by atoms with van der Waals surface area (Å²) >= 11 is 0. The summed E-state index contributed by atoms with van der Waals surface area (Å²) in [4.78, 5) is 69.5. The second-order valence-corrected chi connectivity index (χ2v) is 24.5. The normalized spacial score (nSPS) is 17.6. The van der Waals surface area contributed by atoms with Crippen LogP contribution in [0, 0.1) is 5.92 Å². The average molecular weight is 731 g/mol. The Morgan fingerprint density at radius 2 is 1.33 bits per heavy atom. The molecule has 1 aliphatic rings. The summed E-state index contributed by atoms with van der Waals surface area (Å²) in [7, 11) is -2.97. The topological polar surface area (TPSA) is 143 Å². The highest BCUT2D eigenvalue weighted by atomic mass is 28.4. The van der Waals surface area contributed by atoms with Crippen LogP contribution in [0.1, 0.15) is 122 Å². The van der Waals surface area contributed by atoms with Crippen molar-refractivity contribution in [1.82, 2.24) is 20.9 Å². The minimum atomic E-state index is -2.97. The van der Waals surface area contributed by atoms with Gasteiger partial charge in [-0.2, -0.15) is 0 Å². The van der Waals surface area contributed by atoms with Gasteiger partial charge < -0.3 is 30.0 Å². The van der Waals surface area contributed by atoms with Gasteiger partial charge in [-0.1, -0.05) is 106 Å². The maximum Gasteiger partial charge on any atom is 0.408 e. The Morgan fingerprint density at radius 1 is 0.804 bits per heavy atom. The van der Waals surface area contributed by atoms with Crippen molar-refractivity contribution in [3.8, 4) is 0 Å². The minimum absolute atomic E-state index is 0.224. The molecule has 0 bridgehead atoms. The third-order valence-electron chi connectivity index (χ3n) is 9.50. The van der Waals surface area contributed by atoms with Crippen LogP contribution in [-0.2, 0) is 34.8 Å². The zero-order valence-electron chi connectivity index (χ0n) is 33.9. The molecule has 4 amide bonds.